The quantitative estimate of drug-likeness (QED) is 0.638. The Kier molecular flexibility index (Phi) is 2.97. The zero-order valence-corrected chi connectivity index (χ0v) is 8.27. The molecule has 0 saturated carbocycles. The molecule has 1 heterocycles. The van der Waals surface area contributed by atoms with Gasteiger partial charge in [0.05, 0.1) is 6.61 Å². The van der Waals surface area contributed by atoms with Crippen LogP contribution in [0.3, 0.4) is 0 Å². The van der Waals surface area contributed by atoms with Crippen LogP contribution in [0.5, 0.6) is 0 Å². The summed E-state index contributed by atoms with van der Waals surface area (Å²) in [5.41, 5.74) is 0. The molecule has 0 bridgehead atoms. The molecule has 0 spiro atoms. The summed E-state index contributed by atoms with van der Waals surface area (Å²) in [6.07, 6.45) is 6.09. The van der Waals surface area contributed by atoms with E-state index < -0.39 is 0 Å². The lowest BCUT2D eigenvalue weighted by Gasteiger charge is -2.24. The van der Waals surface area contributed by atoms with Crippen LogP contribution in [-0.4, -0.2) is 24.5 Å². The van der Waals surface area contributed by atoms with E-state index in [1.807, 2.05) is 0 Å². The molecule has 1 aliphatic heterocycles. The minimum absolute atomic E-state index is 0.0920. The predicted octanol–water partition coefficient (Wildman–Crippen LogP) is 1.12. The molecule has 1 unspecified atom stereocenters. The first-order valence-electron chi connectivity index (χ1n) is 5.02. The second-order valence-electron chi connectivity index (χ2n) is 3.52. The van der Waals surface area contributed by atoms with Gasteiger partial charge in [-0.15, -0.1) is 0 Å². The largest absolute Gasteiger partial charge is 0.461 e. The molecule has 0 aromatic rings. The van der Waals surface area contributed by atoms with Crippen LogP contribution in [0.1, 0.15) is 19.3 Å². The zero-order chi connectivity index (χ0) is 10.7. The number of hydrogen-bond donors (Lipinski definition) is 0. The van der Waals surface area contributed by atoms with Crippen LogP contribution in [0, 0.1) is 0 Å². The SMILES string of the molecule is O=C1C=CC(=O)C(OC2CCCCO2)=C1. The average Bonchev–Trinajstić information content (AvgIpc) is 2.25. The van der Waals surface area contributed by atoms with Crippen LogP contribution in [0.4, 0.5) is 0 Å². The maximum Gasteiger partial charge on any atom is 0.220 e. The third-order valence-electron chi connectivity index (χ3n) is 2.31. The van der Waals surface area contributed by atoms with Crippen molar-refractivity contribution in [2.24, 2.45) is 0 Å². The second-order valence-corrected chi connectivity index (χ2v) is 3.52. The number of allylic oxidation sites excluding steroid dienone is 3. The Morgan fingerprint density at radius 2 is 2.13 bits per heavy atom. The van der Waals surface area contributed by atoms with Gasteiger partial charge in [-0.3, -0.25) is 9.59 Å². The van der Waals surface area contributed by atoms with E-state index in [0.29, 0.717) is 6.61 Å². The highest BCUT2D eigenvalue weighted by atomic mass is 16.7. The molecule has 0 aromatic heterocycles. The van der Waals surface area contributed by atoms with Gasteiger partial charge in [-0.05, 0) is 25.0 Å². The van der Waals surface area contributed by atoms with Crippen molar-refractivity contribution in [1.29, 1.82) is 0 Å². The third kappa shape index (κ3) is 2.53. The molecular weight excluding hydrogens is 196 g/mol. The van der Waals surface area contributed by atoms with E-state index in [-0.39, 0.29) is 23.6 Å². The second kappa shape index (κ2) is 4.40. The number of ether oxygens (including phenoxy) is 2. The molecule has 1 aliphatic carbocycles. The van der Waals surface area contributed by atoms with Crippen LogP contribution < -0.4 is 0 Å². The molecule has 0 amide bonds. The van der Waals surface area contributed by atoms with Crippen LogP contribution >= 0.6 is 0 Å². The van der Waals surface area contributed by atoms with E-state index >= 15 is 0 Å². The van der Waals surface area contributed by atoms with Gasteiger partial charge in [0.2, 0.25) is 5.78 Å². The lowest BCUT2D eigenvalue weighted by molar-refractivity contribution is -0.148. The van der Waals surface area contributed by atoms with Gasteiger partial charge in [0, 0.05) is 12.5 Å². The van der Waals surface area contributed by atoms with Crippen molar-refractivity contribution in [3.05, 3.63) is 24.0 Å². The van der Waals surface area contributed by atoms with Gasteiger partial charge < -0.3 is 9.47 Å². The Labute approximate surface area is 87.5 Å². The predicted molar refractivity (Wildman–Crippen MR) is 51.9 cm³/mol. The number of carbonyl (C=O) groups is 2. The van der Waals surface area contributed by atoms with Gasteiger partial charge in [0.25, 0.3) is 0 Å². The number of carbonyl (C=O) groups excluding carboxylic acids is 2. The van der Waals surface area contributed by atoms with Crippen molar-refractivity contribution in [3.63, 3.8) is 0 Å². The summed E-state index contributed by atoms with van der Waals surface area (Å²) in [4.78, 5) is 22.4. The molecule has 1 saturated heterocycles. The first-order chi connectivity index (χ1) is 7.25. The molecule has 0 radical (unpaired) electrons. The smallest absolute Gasteiger partial charge is 0.220 e. The highest BCUT2D eigenvalue weighted by molar-refractivity contribution is 6.16. The fourth-order valence-electron chi connectivity index (χ4n) is 1.53. The first-order valence-corrected chi connectivity index (χ1v) is 5.02. The van der Waals surface area contributed by atoms with Crippen molar-refractivity contribution in [3.8, 4) is 0 Å². The molecule has 2 aliphatic rings. The van der Waals surface area contributed by atoms with E-state index in [0.717, 1.165) is 19.3 Å². The van der Waals surface area contributed by atoms with Crippen LogP contribution in [-0.2, 0) is 19.1 Å². The van der Waals surface area contributed by atoms with Gasteiger partial charge in [0.15, 0.2) is 17.8 Å². The maximum absolute atomic E-state index is 11.3. The van der Waals surface area contributed by atoms with E-state index in [2.05, 4.69) is 0 Å². The lowest BCUT2D eigenvalue weighted by Crippen LogP contribution is -2.24. The highest BCUT2D eigenvalue weighted by Crippen LogP contribution is 2.18. The standard InChI is InChI=1S/C11H12O4/c12-8-4-5-9(13)10(7-8)15-11-3-1-2-6-14-11/h4-5,7,11H,1-3,6H2. The van der Waals surface area contributed by atoms with Gasteiger partial charge in [-0.2, -0.15) is 0 Å². The van der Waals surface area contributed by atoms with E-state index in [9.17, 15) is 9.59 Å². The summed E-state index contributed by atoms with van der Waals surface area (Å²) in [7, 11) is 0. The Hall–Kier alpha value is -1.42. The van der Waals surface area contributed by atoms with Crippen LogP contribution in [0.25, 0.3) is 0 Å². The van der Waals surface area contributed by atoms with Crippen LogP contribution in [0.15, 0.2) is 24.0 Å². The Balaban J connectivity index is 1.98. The average molecular weight is 208 g/mol. The van der Waals surface area contributed by atoms with E-state index in [1.165, 1.54) is 18.2 Å². The first kappa shape index (κ1) is 10.1. The Bertz CT molecular complexity index is 334. The summed E-state index contributed by atoms with van der Waals surface area (Å²) >= 11 is 0. The molecule has 0 aromatic carbocycles. The molecule has 2 rings (SSSR count). The lowest BCUT2D eigenvalue weighted by atomic mass is 10.1. The molecule has 4 nitrogen and oxygen atoms in total. The van der Waals surface area contributed by atoms with Crippen molar-refractivity contribution in [2.75, 3.05) is 6.61 Å². The molecule has 80 valence electrons. The van der Waals surface area contributed by atoms with Crippen LogP contribution in [0.2, 0.25) is 0 Å². The molecule has 1 atom stereocenters. The maximum atomic E-state index is 11.3. The zero-order valence-electron chi connectivity index (χ0n) is 8.27. The fourth-order valence-corrected chi connectivity index (χ4v) is 1.53. The minimum Gasteiger partial charge on any atom is -0.461 e. The van der Waals surface area contributed by atoms with Gasteiger partial charge in [-0.1, -0.05) is 0 Å². The Morgan fingerprint density at radius 3 is 2.87 bits per heavy atom. The van der Waals surface area contributed by atoms with Crippen molar-refractivity contribution in [2.45, 2.75) is 25.6 Å². The third-order valence-corrected chi connectivity index (χ3v) is 2.31. The summed E-state index contributed by atoms with van der Waals surface area (Å²) in [6, 6.07) is 0. The Morgan fingerprint density at radius 1 is 1.27 bits per heavy atom. The molecular formula is C11H12O4. The summed E-state index contributed by atoms with van der Waals surface area (Å²) in [5, 5.41) is 0. The number of ketones is 2. The fraction of sp³-hybridized carbons (Fsp3) is 0.455. The van der Waals surface area contributed by atoms with Crippen molar-refractivity contribution in [1.82, 2.24) is 0 Å². The summed E-state index contributed by atoms with van der Waals surface area (Å²) < 4.78 is 10.6. The molecule has 0 N–H and O–H groups in total. The topological polar surface area (TPSA) is 52.6 Å². The van der Waals surface area contributed by atoms with Gasteiger partial charge in [-0.25, -0.2) is 0 Å². The van der Waals surface area contributed by atoms with E-state index in [4.69, 9.17) is 9.47 Å². The molecule has 15 heavy (non-hydrogen) atoms. The summed E-state index contributed by atoms with van der Waals surface area (Å²) in [5.74, 6) is -0.404. The highest BCUT2D eigenvalue weighted by Gasteiger charge is 2.21. The van der Waals surface area contributed by atoms with Gasteiger partial charge >= 0.3 is 0 Å². The van der Waals surface area contributed by atoms with Gasteiger partial charge in [0.1, 0.15) is 0 Å². The molecule has 4 heteroatoms. The van der Waals surface area contributed by atoms with Crippen molar-refractivity contribution >= 4 is 11.6 Å². The summed E-state index contributed by atoms with van der Waals surface area (Å²) in [6.45, 7) is 0.649. The number of rotatable bonds is 2. The number of hydrogen-bond acceptors (Lipinski definition) is 4. The monoisotopic (exact) mass is 208 g/mol. The molecule has 1 fully saturated rings. The van der Waals surface area contributed by atoms with Crippen molar-refractivity contribution < 1.29 is 19.1 Å². The normalized spacial score (nSPS) is 26.4. The van der Waals surface area contributed by atoms with E-state index in [1.54, 1.807) is 0 Å². The minimum atomic E-state index is -0.381.